The first-order valence-corrected chi connectivity index (χ1v) is 11.4. The van der Waals surface area contributed by atoms with Crippen LogP contribution in [0.5, 0.6) is 5.75 Å². The largest absolute Gasteiger partial charge is 0.491 e. The van der Waals surface area contributed by atoms with Gasteiger partial charge in [-0.3, -0.25) is 9.59 Å². The lowest BCUT2D eigenvalue weighted by molar-refractivity contribution is -0.137. The van der Waals surface area contributed by atoms with Crippen molar-refractivity contribution in [3.63, 3.8) is 0 Å². The maximum Gasteiger partial charge on any atom is 0.303 e. The number of thioether (sulfide) groups is 1. The smallest absolute Gasteiger partial charge is 0.303 e. The minimum absolute atomic E-state index is 0.00470. The number of para-hydroxylation sites is 2. The number of ether oxygens (including phenoxy) is 1. The molecule has 2 N–H and O–H groups in total. The van der Waals surface area contributed by atoms with Gasteiger partial charge in [0.2, 0.25) is 5.91 Å². The molecular formula is C22H35NO4S. The molecule has 0 saturated carbocycles. The van der Waals surface area contributed by atoms with E-state index in [-0.39, 0.29) is 12.3 Å². The van der Waals surface area contributed by atoms with Gasteiger partial charge in [-0.2, -0.15) is 11.8 Å². The number of aliphatic carboxylic acids is 1. The lowest BCUT2D eigenvalue weighted by Crippen LogP contribution is -2.12. The van der Waals surface area contributed by atoms with E-state index in [1.807, 2.05) is 23.9 Å². The van der Waals surface area contributed by atoms with Gasteiger partial charge in [0.25, 0.3) is 0 Å². The average Bonchev–Trinajstić information content (AvgIpc) is 2.64. The average molecular weight is 410 g/mol. The summed E-state index contributed by atoms with van der Waals surface area (Å²) >= 11 is 2.02. The summed E-state index contributed by atoms with van der Waals surface area (Å²) < 4.78 is 5.61. The van der Waals surface area contributed by atoms with Crippen LogP contribution in [0.4, 0.5) is 5.69 Å². The van der Waals surface area contributed by atoms with Gasteiger partial charge < -0.3 is 15.2 Å². The van der Waals surface area contributed by atoms with Crippen LogP contribution in [0, 0.1) is 0 Å². The van der Waals surface area contributed by atoms with Gasteiger partial charge in [-0.1, -0.05) is 51.7 Å². The lowest BCUT2D eigenvalue weighted by Gasteiger charge is -2.12. The van der Waals surface area contributed by atoms with Gasteiger partial charge >= 0.3 is 5.97 Å². The molecule has 0 heterocycles. The Morgan fingerprint density at radius 3 is 2.39 bits per heavy atom. The molecule has 0 aliphatic carbocycles. The van der Waals surface area contributed by atoms with Crippen molar-refractivity contribution in [2.45, 2.75) is 76.9 Å². The minimum Gasteiger partial charge on any atom is -0.491 e. The fourth-order valence-electron chi connectivity index (χ4n) is 2.73. The Morgan fingerprint density at radius 1 is 1.00 bits per heavy atom. The van der Waals surface area contributed by atoms with Crippen molar-refractivity contribution in [1.82, 2.24) is 0 Å². The van der Waals surface area contributed by atoms with Gasteiger partial charge in [0, 0.05) is 12.8 Å². The fourth-order valence-corrected chi connectivity index (χ4v) is 3.57. The predicted octanol–water partition coefficient (Wildman–Crippen LogP) is 5.74. The zero-order valence-corrected chi connectivity index (χ0v) is 18.1. The normalized spacial score (nSPS) is 10.8. The van der Waals surface area contributed by atoms with Crippen molar-refractivity contribution in [3.05, 3.63) is 24.3 Å². The van der Waals surface area contributed by atoms with Gasteiger partial charge in [0.15, 0.2) is 0 Å². The molecular weight excluding hydrogens is 374 g/mol. The number of nitrogens with one attached hydrogen (secondary N) is 1. The standard InChI is InChI=1S/C22H35NO4S/c1-18(2)28-17-10-6-4-3-5-7-14-21(24)23-19-12-8-9-13-20(19)27-16-11-15-22(25)26/h8-9,12-13,18H,3-7,10-11,14-17H2,1-2H3,(H,23,24)(H,25,26). The second-order valence-corrected chi connectivity index (χ2v) is 8.87. The molecule has 1 amide bonds. The van der Waals surface area contributed by atoms with Crippen LogP contribution in [0.1, 0.15) is 71.6 Å². The number of hydrogen-bond donors (Lipinski definition) is 2. The van der Waals surface area contributed by atoms with E-state index in [1.165, 1.54) is 31.4 Å². The summed E-state index contributed by atoms with van der Waals surface area (Å²) in [6.45, 7) is 4.79. The van der Waals surface area contributed by atoms with Crippen LogP contribution in [0.25, 0.3) is 0 Å². The number of hydrogen-bond acceptors (Lipinski definition) is 4. The SMILES string of the molecule is CC(C)SCCCCCCCCC(=O)Nc1ccccc1OCCCC(=O)O. The highest BCUT2D eigenvalue weighted by atomic mass is 32.2. The van der Waals surface area contributed by atoms with Crippen molar-refractivity contribution in [1.29, 1.82) is 0 Å². The Morgan fingerprint density at radius 2 is 1.68 bits per heavy atom. The van der Waals surface area contributed by atoms with Crippen molar-refractivity contribution in [2.75, 3.05) is 17.7 Å². The number of rotatable bonds is 16. The second-order valence-electron chi connectivity index (χ2n) is 7.18. The Kier molecular flexibility index (Phi) is 13.3. The molecule has 6 heteroatoms. The van der Waals surface area contributed by atoms with Crippen LogP contribution in [0.15, 0.2) is 24.3 Å². The fraction of sp³-hybridized carbons (Fsp3) is 0.636. The first kappa shape index (κ1) is 24.3. The van der Waals surface area contributed by atoms with E-state index in [0.29, 0.717) is 30.9 Å². The topological polar surface area (TPSA) is 75.6 Å². The van der Waals surface area contributed by atoms with E-state index in [9.17, 15) is 9.59 Å². The number of carboxylic acid groups (broad SMARTS) is 1. The van der Waals surface area contributed by atoms with E-state index in [4.69, 9.17) is 9.84 Å². The van der Waals surface area contributed by atoms with Crippen molar-refractivity contribution in [2.24, 2.45) is 0 Å². The monoisotopic (exact) mass is 409 g/mol. The quantitative estimate of drug-likeness (QED) is 0.340. The van der Waals surface area contributed by atoms with E-state index < -0.39 is 5.97 Å². The van der Waals surface area contributed by atoms with E-state index >= 15 is 0 Å². The Labute approximate surface area is 173 Å². The molecule has 0 fully saturated rings. The summed E-state index contributed by atoms with van der Waals surface area (Å²) in [6, 6.07) is 7.27. The molecule has 0 aliphatic rings. The molecule has 0 saturated heterocycles. The Hall–Kier alpha value is -1.69. The van der Waals surface area contributed by atoms with Crippen LogP contribution in [0.2, 0.25) is 0 Å². The summed E-state index contributed by atoms with van der Waals surface area (Å²) in [6.07, 6.45) is 7.99. The van der Waals surface area contributed by atoms with E-state index in [1.54, 1.807) is 12.1 Å². The van der Waals surface area contributed by atoms with Gasteiger partial charge in [0.05, 0.1) is 12.3 Å². The molecule has 0 spiro atoms. The second kappa shape index (κ2) is 15.3. The summed E-state index contributed by atoms with van der Waals surface area (Å²) in [7, 11) is 0. The molecule has 0 aromatic heterocycles. The van der Waals surface area contributed by atoms with Crippen molar-refractivity contribution >= 4 is 29.3 Å². The van der Waals surface area contributed by atoms with Gasteiger partial charge in [-0.15, -0.1) is 0 Å². The molecule has 0 aliphatic heterocycles. The van der Waals surface area contributed by atoms with Gasteiger partial charge in [-0.25, -0.2) is 0 Å². The molecule has 5 nitrogen and oxygen atoms in total. The number of carbonyl (C=O) groups is 2. The number of carbonyl (C=O) groups excluding carboxylic acids is 1. The van der Waals surface area contributed by atoms with Crippen molar-refractivity contribution in [3.8, 4) is 5.75 Å². The highest BCUT2D eigenvalue weighted by molar-refractivity contribution is 7.99. The molecule has 1 rings (SSSR count). The molecule has 0 unspecified atom stereocenters. The van der Waals surface area contributed by atoms with Gasteiger partial charge in [-0.05, 0) is 42.4 Å². The molecule has 1 aromatic carbocycles. The number of anilines is 1. The summed E-state index contributed by atoms with van der Waals surface area (Å²) in [5.41, 5.74) is 0.644. The minimum atomic E-state index is -0.834. The number of benzene rings is 1. The first-order chi connectivity index (χ1) is 13.5. The zero-order chi connectivity index (χ0) is 20.6. The third-order valence-corrected chi connectivity index (χ3v) is 5.39. The third-order valence-electron chi connectivity index (χ3n) is 4.20. The summed E-state index contributed by atoms with van der Waals surface area (Å²) in [4.78, 5) is 22.7. The maximum atomic E-state index is 12.2. The summed E-state index contributed by atoms with van der Waals surface area (Å²) in [5.74, 6) is 0.993. The van der Waals surface area contributed by atoms with Crippen LogP contribution < -0.4 is 10.1 Å². The predicted molar refractivity (Wildman–Crippen MR) is 117 cm³/mol. The van der Waals surface area contributed by atoms with Gasteiger partial charge in [0.1, 0.15) is 5.75 Å². The summed E-state index contributed by atoms with van der Waals surface area (Å²) in [5, 5.41) is 12.3. The van der Waals surface area contributed by atoms with E-state index in [0.717, 1.165) is 18.1 Å². The highest BCUT2D eigenvalue weighted by Gasteiger charge is 2.08. The van der Waals surface area contributed by atoms with Crippen LogP contribution in [0.3, 0.4) is 0 Å². The highest BCUT2D eigenvalue weighted by Crippen LogP contribution is 2.24. The van der Waals surface area contributed by atoms with E-state index in [2.05, 4.69) is 19.2 Å². The molecule has 1 aromatic rings. The van der Waals surface area contributed by atoms with Crippen LogP contribution >= 0.6 is 11.8 Å². The Bertz CT molecular complexity index is 577. The number of unbranched alkanes of at least 4 members (excludes halogenated alkanes) is 5. The molecule has 158 valence electrons. The molecule has 0 bridgehead atoms. The number of amides is 1. The van der Waals surface area contributed by atoms with Crippen molar-refractivity contribution < 1.29 is 19.4 Å². The zero-order valence-electron chi connectivity index (χ0n) is 17.2. The van der Waals surface area contributed by atoms with Crippen LogP contribution in [-0.4, -0.2) is 34.6 Å². The lowest BCUT2D eigenvalue weighted by atomic mass is 10.1. The third kappa shape index (κ3) is 12.7. The molecule has 0 atom stereocenters. The first-order valence-electron chi connectivity index (χ1n) is 10.3. The van der Waals surface area contributed by atoms with Crippen LogP contribution in [-0.2, 0) is 9.59 Å². The Balaban J connectivity index is 2.17. The number of carboxylic acids is 1. The molecule has 28 heavy (non-hydrogen) atoms. The molecule has 0 radical (unpaired) electrons. The maximum absolute atomic E-state index is 12.2.